The lowest BCUT2D eigenvalue weighted by Gasteiger charge is -2.13. The highest BCUT2D eigenvalue weighted by atomic mass is 35.5. The van der Waals surface area contributed by atoms with Crippen molar-refractivity contribution >= 4 is 34.8 Å². The fourth-order valence-corrected chi connectivity index (χ4v) is 1.69. The topological polar surface area (TPSA) is 57.2 Å². The van der Waals surface area contributed by atoms with Crippen LogP contribution in [-0.2, 0) is 0 Å². The number of anilines is 2. The molecule has 1 aromatic rings. The van der Waals surface area contributed by atoms with Gasteiger partial charge in [-0.3, -0.25) is 0 Å². The molecule has 0 amide bonds. The number of nitrogens with zero attached hydrogens (tertiary/aromatic N) is 1. The first-order chi connectivity index (χ1) is 8.04. The normalized spacial score (nSPS) is 12.3. The highest BCUT2D eigenvalue weighted by Crippen LogP contribution is 2.29. The number of aromatic nitrogens is 1. The molecule has 0 saturated heterocycles. The summed E-state index contributed by atoms with van der Waals surface area (Å²) in [7, 11) is 0. The SMILES string of the molecule is CCCNc1nc(NCC(C)O)c(Cl)cc1Cl. The standard InChI is InChI=1S/C11H17Cl2N3O/c1-3-4-14-10-8(12)5-9(13)11(16-10)15-6-7(2)17/h5,7,17H,3-4,6H2,1-2H3,(H2,14,15,16). The van der Waals surface area contributed by atoms with Gasteiger partial charge in [0.1, 0.15) is 11.6 Å². The number of hydrogen-bond donors (Lipinski definition) is 3. The Balaban J connectivity index is 2.81. The van der Waals surface area contributed by atoms with Gasteiger partial charge in [0, 0.05) is 13.1 Å². The van der Waals surface area contributed by atoms with Gasteiger partial charge >= 0.3 is 0 Å². The van der Waals surface area contributed by atoms with Crippen molar-refractivity contribution in [2.75, 3.05) is 23.7 Å². The Morgan fingerprint density at radius 2 is 1.88 bits per heavy atom. The summed E-state index contributed by atoms with van der Waals surface area (Å²) in [6.45, 7) is 4.93. The zero-order valence-electron chi connectivity index (χ0n) is 9.93. The molecule has 0 aromatic carbocycles. The van der Waals surface area contributed by atoms with Gasteiger partial charge in [-0.25, -0.2) is 4.98 Å². The Bertz CT molecular complexity index is 372. The molecule has 0 aliphatic rings. The van der Waals surface area contributed by atoms with Crippen LogP contribution >= 0.6 is 23.2 Å². The minimum atomic E-state index is -0.462. The predicted molar refractivity (Wildman–Crippen MR) is 73.2 cm³/mol. The van der Waals surface area contributed by atoms with Crippen molar-refractivity contribution in [2.24, 2.45) is 0 Å². The van der Waals surface area contributed by atoms with E-state index < -0.39 is 6.10 Å². The maximum Gasteiger partial charge on any atom is 0.147 e. The van der Waals surface area contributed by atoms with E-state index in [0.29, 0.717) is 28.2 Å². The summed E-state index contributed by atoms with van der Waals surface area (Å²) in [4.78, 5) is 4.28. The number of pyridine rings is 1. The molecule has 6 heteroatoms. The minimum absolute atomic E-state index is 0.390. The van der Waals surface area contributed by atoms with Crippen LogP contribution in [-0.4, -0.2) is 29.3 Å². The van der Waals surface area contributed by atoms with Crippen LogP contribution in [0.2, 0.25) is 10.0 Å². The summed E-state index contributed by atoms with van der Waals surface area (Å²) in [6.07, 6.45) is 0.521. The second kappa shape index (κ2) is 6.89. The van der Waals surface area contributed by atoms with Gasteiger partial charge in [-0.1, -0.05) is 30.1 Å². The van der Waals surface area contributed by atoms with Crippen molar-refractivity contribution in [1.29, 1.82) is 0 Å². The van der Waals surface area contributed by atoms with Gasteiger partial charge in [-0.2, -0.15) is 0 Å². The largest absolute Gasteiger partial charge is 0.392 e. The number of halogens is 2. The molecule has 0 fully saturated rings. The Kier molecular flexibility index (Phi) is 5.82. The van der Waals surface area contributed by atoms with Gasteiger partial charge in [0.15, 0.2) is 0 Å². The summed E-state index contributed by atoms with van der Waals surface area (Å²) in [5, 5.41) is 16.2. The fourth-order valence-electron chi connectivity index (χ4n) is 1.20. The van der Waals surface area contributed by atoms with E-state index in [1.54, 1.807) is 13.0 Å². The van der Waals surface area contributed by atoms with Crippen LogP contribution in [0.25, 0.3) is 0 Å². The van der Waals surface area contributed by atoms with Crippen LogP contribution in [0.5, 0.6) is 0 Å². The molecule has 17 heavy (non-hydrogen) atoms. The Hall–Kier alpha value is -0.710. The fraction of sp³-hybridized carbons (Fsp3) is 0.545. The van der Waals surface area contributed by atoms with Crippen LogP contribution in [0.15, 0.2) is 6.07 Å². The smallest absolute Gasteiger partial charge is 0.147 e. The molecule has 0 bridgehead atoms. The maximum atomic E-state index is 9.19. The van der Waals surface area contributed by atoms with E-state index in [1.165, 1.54) is 0 Å². The van der Waals surface area contributed by atoms with Gasteiger partial charge in [0.05, 0.1) is 16.1 Å². The molecule has 0 radical (unpaired) electrons. The summed E-state index contributed by atoms with van der Waals surface area (Å²) in [5.74, 6) is 1.13. The van der Waals surface area contributed by atoms with Gasteiger partial charge in [-0.05, 0) is 19.4 Å². The molecule has 1 unspecified atom stereocenters. The summed E-state index contributed by atoms with van der Waals surface area (Å²) in [5.41, 5.74) is 0. The van der Waals surface area contributed by atoms with Gasteiger partial charge < -0.3 is 15.7 Å². The summed E-state index contributed by atoms with van der Waals surface area (Å²) < 4.78 is 0. The number of rotatable bonds is 6. The third kappa shape index (κ3) is 4.58. The van der Waals surface area contributed by atoms with E-state index in [2.05, 4.69) is 22.5 Å². The number of aliphatic hydroxyl groups is 1. The van der Waals surface area contributed by atoms with Crippen LogP contribution in [0.1, 0.15) is 20.3 Å². The lowest BCUT2D eigenvalue weighted by atomic mass is 10.3. The highest BCUT2D eigenvalue weighted by molar-refractivity contribution is 6.37. The molecule has 4 nitrogen and oxygen atoms in total. The first-order valence-electron chi connectivity index (χ1n) is 5.56. The van der Waals surface area contributed by atoms with E-state index in [-0.39, 0.29) is 0 Å². The number of hydrogen-bond acceptors (Lipinski definition) is 4. The molecule has 96 valence electrons. The molecule has 1 atom stereocenters. The molecule has 3 N–H and O–H groups in total. The monoisotopic (exact) mass is 277 g/mol. The second-order valence-electron chi connectivity index (χ2n) is 3.81. The molecule has 0 saturated carbocycles. The van der Waals surface area contributed by atoms with E-state index >= 15 is 0 Å². The van der Waals surface area contributed by atoms with Crippen LogP contribution < -0.4 is 10.6 Å². The van der Waals surface area contributed by atoms with Crippen LogP contribution in [0.3, 0.4) is 0 Å². The third-order valence-corrected chi connectivity index (χ3v) is 2.61. The van der Waals surface area contributed by atoms with E-state index in [4.69, 9.17) is 23.2 Å². The average molecular weight is 278 g/mol. The molecule has 0 aliphatic carbocycles. The van der Waals surface area contributed by atoms with Gasteiger partial charge in [0.2, 0.25) is 0 Å². The zero-order valence-corrected chi connectivity index (χ0v) is 11.4. The molecular formula is C11H17Cl2N3O. The lowest BCUT2D eigenvalue weighted by molar-refractivity contribution is 0.208. The van der Waals surface area contributed by atoms with Crippen molar-refractivity contribution in [3.63, 3.8) is 0 Å². The van der Waals surface area contributed by atoms with Crippen molar-refractivity contribution in [3.05, 3.63) is 16.1 Å². The van der Waals surface area contributed by atoms with Crippen molar-refractivity contribution in [3.8, 4) is 0 Å². The first-order valence-corrected chi connectivity index (χ1v) is 6.32. The van der Waals surface area contributed by atoms with Gasteiger partial charge in [0.25, 0.3) is 0 Å². The van der Waals surface area contributed by atoms with Crippen molar-refractivity contribution in [2.45, 2.75) is 26.4 Å². The maximum absolute atomic E-state index is 9.19. The molecule has 0 spiro atoms. The Morgan fingerprint density at radius 3 is 2.41 bits per heavy atom. The zero-order chi connectivity index (χ0) is 12.8. The molecule has 1 heterocycles. The lowest BCUT2D eigenvalue weighted by Crippen LogP contribution is -2.16. The molecule has 1 rings (SSSR count). The second-order valence-corrected chi connectivity index (χ2v) is 4.62. The Morgan fingerprint density at radius 1 is 1.29 bits per heavy atom. The Labute approximate surface area is 111 Å². The summed E-state index contributed by atoms with van der Waals surface area (Å²) >= 11 is 12.0. The van der Waals surface area contributed by atoms with Gasteiger partial charge in [-0.15, -0.1) is 0 Å². The quantitative estimate of drug-likeness (QED) is 0.748. The van der Waals surface area contributed by atoms with Crippen LogP contribution in [0.4, 0.5) is 11.6 Å². The average Bonchev–Trinajstić information content (AvgIpc) is 2.26. The number of nitrogens with one attached hydrogen (secondary N) is 2. The molecule has 0 aliphatic heterocycles. The van der Waals surface area contributed by atoms with E-state index in [1.807, 2.05) is 0 Å². The molecule has 1 aromatic heterocycles. The molecular weight excluding hydrogens is 261 g/mol. The minimum Gasteiger partial charge on any atom is -0.392 e. The highest BCUT2D eigenvalue weighted by Gasteiger charge is 2.09. The van der Waals surface area contributed by atoms with E-state index in [0.717, 1.165) is 13.0 Å². The van der Waals surface area contributed by atoms with Crippen LogP contribution in [0, 0.1) is 0 Å². The third-order valence-electron chi connectivity index (χ3n) is 2.04. The first kappa shape index (κ1) is 14.4. The summed E-state index contributed by atoms with van der Waals surface area (Å²) in [6, 6.07) is 1.64. The van der Waals surface area contributed by atoms with E-state index in [9.17, 15) is 5.11 Å². The predicted octanol–water partition coefficient (Wildman–Crippen LogP) is 3.00. The number of aliphatic hydroxyl groups excluding tert-OH is 1. The van der Waals surface area contributed by atoms with Crippen molar-refractivity contribution in [1.82, 2.24) is 4.98 Å². The van der Waals surface area contributed by atoms with Crippen molar-refractivity contribution < 1.29 is 5.11 Å².